The summed E-state index contributed by atoms with van der Waals surface area (Å²) in [4.78, 5) is 12.5. The number of thiophene rings is 1. The van der Waals surface area contributed by atoms with E-state index in [1.165, 1.54) is 6.92 Å². The van der Waals surface area contributed by atoms with Gasteiger partial charge in [0.1, 0.15) is 8.07 Å². The van der Waals surface area contributed by atoms with Gasteiger partial charge in [0.2, 0.25) is 5.91 Å². The first kappa shape index (κ1) is 19.7. The zero-order valence-corrected chi connectivity index (χ0v) is 17.2. The van der Waals surface area contributed by atoms with Crippen LogP contribution in [0.5, 0.6) is 0 Å². The lowest BCUT2D eigenvalue weighted by molar-refractivity contribution is -0.117. The smallest absolute Gasteiger partial charge is 0.221 e. The van der Waals surface area contributed by atoms with Gasteiger partial charge in [-0.2, -0.15) is 0 Å². The van der Waals surface area contributed by atoms with Gasteiger partial charge in [0.15, 0.2) is 0 Å². The first-order valence-corrected chi connectivity index (χ1v) is 11.4. The lowest BCUT2D eigenvalue weighted by Crippen LogP contribution is -2.43. The van der Waals surface area contributed by atoms with Crippen LogP contribution in [0.2, 0.25) is 16.6 Å². The van der Waals surface area contributed by atoms with Gasteiger partial charge in [0.05, 0.1) is 10.6 Å². The molecule has 0 aliphatic carbocycles. The molecule has 0 fully saturated rings. The third-order valence-corrected chi connectivity index (χ3v) is 11.7. The van der Waals surface area contributed by atoms with Crippen molar-refractivity contribution in [1.82, 2.24) is 5.32 Å². The number of amides is 1. The average molecular weight is 348 g/mol. The van der Waals surface area contributed by atoms with Crippen LogP contribution in [0.3, 0.4) is 0 Å². The van der Waals surface area contributed by atoms with E-state index in [1.807, 2.05) is 23.6 Å². The molecule has 126 valence electrons. The van der Waals surface area contributed by atoms with Crippen LogP contribution in [0, 0.1) is 11.5 Å². The molecule has 0 unspecified atom stereocenters. The minimum atomic E-state index is -1.73. The molecule has 0 spiro atoms. The van der Waals surface area contributed by atoms with Crippen LogP contribution < -0.4 is 5.32 Å². The molecule has 0 saturated heterocycles. The molecule has 4 heteroatoms. The van der Waals surface area contributed by atoms with Gasteiger partial charge >= 0.3 is 0 Å². The number of carbonyl (C=O) groups is 1. The van der Waals surface area contributed by atoms with Crippen LogP contribution in [-0.2, 0) is 4.79 Å². The van der Waals surface area contributed by atoms with Gasteiger partial charge in [-0.1, -0.05) is 53.5 Å². The third-order valence-electron chi connectivity index (χ3n) is 4.47. The Balaban J connectivity index is 3.25. The second kappa shape index (κ2) is 8.51. The molecule has 1 aromatic heterocycles. The van der Waals surface area contributed by atoms with E-state index < -0.39 is 8.07 Å². The van der Waals surface area contributed by atoms with Gasteiger partial charge in [-0.05, 0) is 28.1 Å². The summed E-state index contributed by atoms with van der Waals surface area (Å²) in [6.07, 6.45) is 1.88. The number of hydrogen-bond acceptors (Lipinski definition) is 2. The molecule has 1 N–H and O–H groups in total. The van der Waals surface area contributed by atoms with Crippen LogP contribution in [-0.4, -0.2) is 14.0 Å². The average Bonchev–Trinajstić information content (AvgIpc) is 2.94. The van der Waals surface area contributed by atoms with E-state index in [4.69, 9.17) is 0 Å². The van der Waals surface area contributed by atoms with E-state index >= 15 is 0 Å². The van der Waals surface area contributed by atoms with Crippen LogP contribution in [0.25, 0.3) is 5.70 Å². The van der Waals surface area contributed by atoms with Gasteiger partial charge in [-0.15, -0.1) is 16.9 Å². The highest BCUT2D eigenvalue weighted by Crippen LogP contribution is 2.40. The molecule has 1 heterocycles. The van der Waals surface area contributed by atoms with Gasteiger partial charge < -0.3 is 5.32 Å². The molecule has 2 nitrogen and oxygen atoms in total. The predicted molar refractivity (Wildman–Crippen MR) is 105 cm³/mol. The molecule has 0 aliphatic heterocycles. The first-order chi connectivity index (χ1) is 10.7. The Labute approximate surface area is 146 Å². The third kappa shape index (κ3) is 4.83. The van der Waals surface area contributed by atoms with Gasteiger partial charge in [0, 0.05) is 13.0 Å². The maximum absolute atomic E-state index is 11.4. The summed E-state index contributed by atoms with van der Waals surface area (Å²) >= 11 is 1.61. The summed E-state index contributed by atoms with van der Waals surface area (Å²) in [6, 6.07) is 3.99. The molecule has 0 bridgehead atoms. The molecule has 0 aliphatic rings. The maximum atomic E-state index is 11.4. The minimum Gasteiger partial charge on any atom is -0.325 e. The normalized spacial score (nSPS) is 12.5. The van der Waals surface area contributed by atoms with E-state index in [-0.39, 0.29) is 5.91 Å². The Hall–Kier alpha value is -1.31. The molecule has 0 saturated carbocycles. The van der Waals surface area contributed by atoms with Crippen molar-refractivity contribution in [3.05, 3.63) is 28.5 Å². The standard InChI is InChI=1S/C19H29NOSSi/c1-14(2)23(15(3)4,16(5)6)13-9-10-18(20-17(7)21)19-11-8-12-22-19/h8,10-12,14-16H,1-7H3,(H,20,21)/b18-10-. The van der Waals surface area contributed by atoms with Crippen LogP contribution in [0.15, 0.2) is 23.6 Å². The van der Waals surface area contributed by atoms with Crippen molar-refractivity contribution in [1.29, 1.82) is 0 Å². The van der Waals surface area contributed by atoms with Crippen molar-refractivity contribution >= 4 is 31.0 Å². The zero-order valence-electron chi connectivity index (χ0n) is 15.4. The van der Waals surface area contributed by atoms with Gasteiger partial charge in [-0.25, -0.2) is 0 Å². The zero-order chi connectivity index (χ0) is 17.6. The fraction of sp³-hybridized carbons (Fsp3) is 0.526. The second-order valence-electron chi connectivity index (χ2n) is 6.88. The van der Waals surface area contributed by atoms with E-state index in [0.717, 1.165) is 10.6 Å². The Morgan fingerprint density at radius 3 is 2.13 bits per heavy atom. The molecule has 0 aromatic carbocycles. The van der Waals surface area contributed by atoms with Gasteiger partial charge in [-0.3, -0.25) is 4.79 Å². The maximum Gasteiger partial charge on any atom is 0.221 e. The Kier molecular flexibility index (Phi) is 7.30. The monoisotopic (exact) mass is 347 g/mol. The quantitative estimate of drug-likeness (QED) is 0.557. The topological polar surface area (TPSA) is 29.1 Å². The van der Waals surface area contributed by atoms with E-state index in [0.29, 0.717) is 16.6 Å². The molecule has 1 amide bonds. The molecular weight excluding hydrogens is 318 g/mol. The van der Waals surface area contributed by atoms with Crippen LogP contribution >= 0.6 is 11.3 Å². The molecule has 23 heavy (non-hydrogen) atoms. The summed E-state index contributed by atoms with van der Waals surface area (Å²) in [5.74, 6) is 3.24. The fourth-order valence-electron chi connectivity index (χ4n) is 3.46. The highest BCUT2D eigenvalue weighted by atomic mass is 32.1. The van der Waals surface area contributed by atoms with E-state index in [9.17, 15) is 4.79 Å². The SMILES string of the molecule is CC(=O)N/C(=C\C#C[Si](C(C)C)(C(C)C)C(C)C)c1cccs1. The van der Waals surface area contributed by atoms with Crippen molar-refractivity contribution in [3.8, 4) is 11.5 Å². The lowest BCUT2D eigenvalue weighted by atomic mass is 10.3. The molecule has 1 rings (SSSR count). The summed E-state index contributed by atoms with van der Waals surface area (Å²) in [7, 11) is -1.73. The summed E-state index contributed by atoms with van der Waals surface area (Å²) in [5.41, 5.74) is 6.29. The van der Waals surface area contributed by atoms with Crippen LogP contribution in [0.4, 0.5) is 0 Å². The molecular formula is C19H29NOSSi. The fourth-order valence-corrected chi connectivity index (χ4v) is 9.34. The number of rotatable bonds is 5. The number of nitrogens with one attached hydrogen (secondary N) is 1. The Morgan fingerprint density at radius 2 is 1.74 bits per heavy atom. The van der Waals surface area contributed by atoms with Crippen molar-refractivity contribution in [2.24, 2.45) is 0 Å². The molecule has 0 atom stereocenters. The number of hydrogen-bond donors (Lipinski definition) is 1. The largest absolute Gasteiger partial charge is 0.325 e. The number of allylic oxidation sites excluding steroid dienone is 1. The van der Waals surface area contributed by atoms with Gasteiger partial charge in [0.25, 0.3) is 0 Å². The number of carbonyl (C=O) groups excluding carboxylic acids is 1. The van der Waals surface area contributed by atoms with E-state index in [2.05, 4.69) is 58.3 Å². The minimum absolute atomic E-state index is 0.0634. The van der Waals surface area contributed by atoms with Crippen LogP contribution in [0.1, 0.15) is 53.3 Å². The van der Waals surface area contributed by atoms with Crippen molar-refractivity contribution in [3.63, 3.8) is 0 Å². The highest BCUT2D eigenvalue weighted by Gasteiger charge is 2.41. The lowest BCUT2D eigenvalue weighted by Gasteiger charge is -2.38. The predicted octanol–water partition coefficient (Wildman–Crippen LogP) is 5.45. The molecule has 1 aromatic rings. The highest BCUT2D eigenvalue weighted by molar-refractivity contribution is 7.11. The summed E-state index contributed by atoms with van der Waals surface area (Å²) in [5, 5.41) is 4.91. The van der Waals surface area contributed by atoms with E-state index in [1.54, 1.807) is 11.3 Å². The summed E-state index contributed by atoms with van der Waals surface area (Å²) in [6.45, 7) is 15.4. The van der Waals surface area contributed by atoms with Crippen molar-refractivity contribution in [2.45, 2.75) is 65.1 Å². The Morgan fingerprint density at radius 1 is 1.17 bits per heavy atom. The molecule has 0 radical (unpaired) electrons. The van der Waals surface area contributed by atoms with Crippen molar-refractivity contribution < 1.29 is 4.79 Å². The second-order valence-corrected chi connectivity index (χ2v) is 13.4. The summed E-state index contributed by atoms with van der Waals surface area (Å²) < 4.78 is 0. The Bertz CT molecular complexity index is 581. The van der Waals surface area contributed by atoms with Crippen molar-refractivity contribution in [2.75, 3.05) is 0 Å². The first-order valence-electron chi connectivity index (χ1n) is 8.26.